The molecule has 0 fully saturated rings. The monoisotopic (exact) mass is 410 g/mol. The molecule has 0 spiro atoms. The number of fused-ring (bicyclic) bond motifs is 1. The van der Waals surface area contributed by atoms with E-state index in [-0.39, 0.29) is 5.63 Å². The van der Waals surface area contributed by atoms with Crippen LogP contribution in [-0.2, 0) is 6.54 Å². The number of methoxy groups -OCH3 is 1. The molecule has 0 saturated carbocycles. The number of nitrogens with two attached hydrogens (primary N) is 1. The molecule has 0 aliphatic heterocycles. The SMILES string of the molecule is COc1cccc([C@H](C[NH2+]Cc2cc(=O)oc3cc(C)c(C(C)C)cc23)[NH+](C)C)c1. The minimum Gasteiger partial charge on any atom is -0.497 e. The summed E-state index contributed by atoms with van der Waals surface area (Å²) in [4.78, 5) is 13.5. The first-order chi connectivity index (χ1) is 14.3. The van der Waals surface area contributed by atoms with Gasteiger partial charge in [-0.15, -0.1) is 0 Å². The first-order valence-corrected chi connectivity index (χ1v) is 10.6. The van der Waals surface area contributed by atoms with Crippen molar-refractivity contribution in [2.45, 2.75) is 39.3 Å². The fraction of sp³-hybridized carbons (Fsp3) is 0.400. The summed E-state index contributed by atoms with van der Waals surface area (Å²) >= 11 is 0. The summed E-state index contributed by atoms with van der Waals surface area (Å²) in [6, 6.07) is 14.4. The third-order valence-electron chi connectivity index (χ3n) is 5.80. The van der Waals surface area contributed by atoms with E-state index in [2.05, 4.69) is 58.4 Å². The van der Waals surface area contributed by atoms with E-state index in [4.69, 9.17) is 9.15 Å². The number of rotatable bonds is 8. The average Bonchev–Trinajstić information content (AvgIpc) is 2.69. The number of ether oxygens (including phenoxy) is 1. The van der Waals surface area contributed by atoms with E-state index in [0.29, 0.717) is 17.5 Å². The Kier molecular flexibility index (Phi) is 6.95. The van der Waals surface area contributed by atoms with Crippen LogP contribution in [0.25, 0.3) is 11.0 Å². The zero-order valence-corrected chi connectivity index (χ0v) is 18.9. The Bertz CT molecular complexity index is 1070. The molecule has 5 heteroatoms. The van der Waals surface area contributed by atoms with Gasteiger partial charge in [0.2, 0.25) is 0 Å². The number of nitrogens with one attached hydrogen (secondary N) is 1. The largest absolute Gasteiger partial charge is 0.497 e. The van der Waals surface area contributed by atoms with Crippen molar-refractivity contribution in [3.8, 4) is 5.75 Å². The van der Waals surface area contributed by atoms with Crippen LogP contribution in [0.15, 0.2) is 51.7 Å². The molecule has 0 unspecified atom stereocenters. The van der Waals surface area contributed by atoms with Gasteiger partial charge in [-0.1, -0.05) is 26.0 Å². The highest BCUT2D eigenvalue weighted by Crippen LogP contribution is 2.26. The second kappa shape index (κ2) is 9.45. The number of aryl methyl sites for hydroxylation is 1. The molecule has 0 amide bonds. The van der Waals surface area contributed by atoms with Gasteiger partial charge in [-0.3, -0.25) is 0 Å². The number of hydrogen-bond donors (Lipinski definition) is 2. The fourth-order valence-electron chi connectivity index (χ4n) is 4.15. The predicted molar refractivity (Wildman–Crippen MR) is 120 cm³/mol. The van der Waals surface area contributed by atoms with Gasteiger partial charge in [0.1, 0.15) is 24.4 Å². The summed E-state index contributed by atoms with van der Waals surface area (Å²) in [5, 5.41) is 3.32. The first-order valence-electron chi connectivity index (χ1n) is 10.6. The van der Waals surface area contributed by atoms with Crippen LogP contribution in [0.1, 0.15) is 48.1 Å². The molecule has 2 aromatic carbocycles. The quantitative estimate of drug-likeness (QED) is 0.560. The molecule has 30 heavy (non-hydrogen) atoms. The maximum atomic E-state index is 12.1. The number of likely N-dealkylation sites (N-methyl/N-ethyl adjacent to an activating group) is 1. The minimum absolute atomic E-state index is 0.287. The van der Waals surface area contributed by atoms with Gasteiger partial charge in [-0.25, -0.2) is 4.79 Å². The van der Waals surface area contributed by atoms with E-state index in [1.165, 1.54) is 16.0 Å². The highest BCUT2D eigenvalue weighted by Gasteiger charge is 2.21. The summed E-state index contributed by atoms with van der Waals surface area (Å²) in [6.07, 6.45) is 0. The topological polar surface area (TPSA) is 60.5 Å². The molecule has 5 nitrogen and oxygen atoms in total. The Labute approximate surface area is 178 Å². The summed E-state index contributed by atoms with van der Waals surface area (Å²) in [5.41, 5.74) is 5.13. The van der Waals surface area contributed by atoms with Crippen molar-refractivity contribution in [2.75, 3.05) is 27.7 Å². The molecule has 1 aromatic heterocycles. The van der Waals surface area contributed by atoms with Gasteiger partial charge in [0.05, 0.1) is 21.2 Å². The molecule has 1 heterocycles. The highest BCUT2D eigenvalue weighted by molar-refractivity contribution is 5.82. The summed E-state index contributed by atoms with van der Waals surface area (Å²) in [5.74, 6) is 1.30. The fourth-order valence-corrected chi connectivity index (χ4v) is 4.15. The van der Waals surface area contributed by atoms with Crippen LogP contribution in [0, 0.1) is 6.92 Å². The van der Waals surface area contributed by atoms with Crippen LogP contribution in [0.5, 0.6) is 5.75 Å². The van der Waals surface area contributed by atoms with Crippen LogP contribution >= 0.6 is 0 Å². The second-order valence-electron chi connectivity index (χ2n) is 8.59. The summed E-state index contributed by atoms with van der Waals surface area (Å²) in [6.45, 7) is 8.10. The smallest absolute Gasteiger partial charge is 0.336 e. The normalized spacial score (nSPS) is 12.7. The van der Waals surface area contributed by atoms with E-state index < -0.39 is 0 Å². The third-order valence-corrected chi connectivity index (χ3v) is 5.80. The van der Waals surface area contributed by atoms with Crippen LogP contribution in [-0.4, -0.2) is 27.7 Å². The van der Waals surface area contributed by atoms with Gasteiger partial charge < -0.3 is 19.4 Å². The average molecular weight is 411 g/mol. The molecular formula is C25H34N2O3+2. The van der Waals surface area contributed by atoms with Crippen molar-refractivity contribution in [1.82, 2.24) is 0 Å². The van der Waals surface area contributed by atoms with E-state index in [0.717, 1.165) is 35.4 Å². The van der Waals surface area contributed by atoms with Crippen LogP contribution in [0.3, 0.4) is 0 Å². The zero-order valence-electron chi connectivity index (χ0n) is 18.9. The maximum Gasteiger partial charge on any atom is 0.336 e. The molecule has 0 bridgehead atoms. The number of benzene rings is 2. The number of quaternary nitrogens is 2. The van der Waals surface area contributed by atoms with Crippen molar-refractivity contribution in [2.24, 2.45) is 0 Å². The van der Waals surface area contributed by atoms with Crippen LogP contribution < -0.4 is 20.6 Å². The van der Waals surface area contributed by atoms with Gasteiger partial charge in [-0.2, -0.15) is 0 Å². The van der Waals surface area contributed by atoms with Gasteiger partial charge in [0.15, 0.2) is 6.04 Å². The van der Waals surface area contributed by atoms with E-state index >= 15 is 0 Å². The van der Waals surface area contributed by atoms with Crippen molar-refractivity contribution in [1.29, 1.82) is 0 Å². The predicted octanol–water partition coefficient (Wildman–Crippen LogP) is 2.18. The lowest BCUT2D eigenvalue weighted by atomic mass is 9.95. The number of hydrogen-bond acceptors (Lipinski definition) is 3. The molecule has 3 N–H and O–H groups in total. The molecular weight excluding hydrogens is 376 g/mol. The Hall–Kier alpha value is -2.63. The third kappa shape index (κ3) is 4.91. The van der Waals surface area contributed by atoms with Crippen molar-refractivity contribution in [3.05, 3.63) is 75.1 Å². The molecule has 0 radical (unpaired) electrons. The molecule has 0 aliphatic carbocycles. The van der Waals surface area contributed by atoms with Crippen LogP contribution in [0.4, 0.5) is 0 Å². The Balaban J connectivity index is 1.85. The minimum atomic E-state index is -0.287. The van der Waals surface area contributed by atoms with Gasteiger partial charge in [0, 0.05) is 22.6 Å². The van der Waals surface area contributed by atoms with Gasteiger partial charge >= 0.3 is 5.63 Å². The van der Waals surface area contributed by atoms with Crippen molar-refractivity contribution in [3.63, 3.8) is 0 Å². The van der Waals surface area contributed by atoms with Crippen LogP contribution in [0.2, 0.25) is 0 Å². The second-order valence-corrected chi connectivity index (χ2v) is 8.59. The maximum absolute atomic E-state index is 12.1. The lowest BCUT2D eigenvalue weighted by Gasteiger charge is -2.21. The zero-order chi connectivity index (χ0) is 21.8. The van der Waals surface area contributed by atoms with Gasteiger partial charge in [0.25, 0.3) is 0 Å². The lowest BCUT2D eigenvalue weighted by Crippen LogP contribution is -3.09. The summed E-state index contributed by atoms with van der Waals surface area (Å²) < 4.78 is 10.9. The molecule has 3 rings (SSSR count). The lowest BCUT2D eigenvalue weighted by molar-refractivity contribution is -0.910. The van der Waals surface area contributed by atoms with Gasteiger partial charge in [-0.05, 0) is 48.2 Å². The molecule has 1 atom stereocenters. The first kappa shape index (κ1) is 22.1. The Morgan fingerprint density at radius 1 is 1.13 bits per heavy atom. The molecule has 0 saturated heterocycles. The Morgan fingerprint density at radius 3 is 2.57 bits per heavy atom. The molecule has 160 valence electrons. The Morgan fingerprint density at radius 2 is 1.90 bits per heavy atom. The molecule has 3 aromatic rings. The highest BCUT2D eigenvalue weighted by atomic mass is 16.5. The molecule has 0 aliphatic rings. The summed E-state index contributed by atoms with van der Waals surface area (Å²) in [7, 11) is 6.03. The van der Waals surface area contributed by atoms with Crippen molar-refractivity contribution < 1.29 is 19.4 Å². The van der Waals surface area contributed by atoms with E-state index in [9.17, 15) is 4.79 Å². The van der Waals surface area contributed by atoms with Crippen molar-refractivity contribution >= 4 is 11.0 Å². The van der Waals surface area contributed by atoms with E-state index in [1.54, 1.807) is 13.2 Å². The van der Waals surface area contributed by atoms with E-state index in [1.807, 2.05) is 18.2 Å². The standard InChI is InChI=1S/C25H32N2O3/c1-16(2)21-13-22-19(12-25(28)30-24(22)10-17(21)3)14-26-15-23(27(4)5)18-8-7-9-20(11-18)29-6/h7-13,16,23,26H,14-15H2,1-6H3/p+2/t23-/m0/s1.